The van der Waals surface area contributed by atoms with E-state index >= 15 is 0 Å². The van der Waals surface area contributed by atoms with E-state index < -0.39 is 14.6 Å². The third-order valence-corrected chi connectivity index (χ3v) is 9.59. The van der Waals surface area contributed by atoms with Gasteiger partial charge in [-0.05, 0) is 44.0 Å². The Morgan fingerprint density at radius 2 is 2.00 bits per heavy atom. The highest BCUT2D eigenvalue weighted by molar-refractivity contribution is 7.94. The van der Waals surface area contributed by atoms with Crippen molar-refractivity contribution in [1.82, 2.24) is 15.0 Å². The van der Waals surface area contributed by atoms with E-state index in [0.717, 1.165) is 16.9 Å². The normalized spacial score (nSPS) is 20.5. The van der Waals surface area contributed by atoms with Crippen LogP contribution in [0.15, 0.2) is 46.2 Å². The van der Waals surface area contributed by atoms with E-state index in [2.05, 4.69) is 16.8 Å². The Balaban J connectivity index is 1.65. The second kappa shape index (κ2) is 7.54. The van der Waals surface area contributed by atoms with E-state index in [1.54, 1.807) is 17.5 Å². The van der Waals surface area contributed by atoms with Gasteiger partial charge in [-0.3, -0.25) is 0 Å². The SMILES string of the molecule is C[C@H]1COCCN1c1cc(C2(S(=O)(=O)c3nccs3)CC2)nc(-c2ccc(N)cc2)n1. The van der Waals surface area contributed by atoms with Crippen molar-refractivity contribution in [3.63, 3.8) is 0 Å². The van der Waals surface area contributed by atoms with E-state index in [-0.39, 0.29) is 10.4 Å². The molecule has 2 aromatic heterocycles. The first-order valence-electron chi connectivity index (χ1n) is 10.1. The van der Waals surface area contributed by atoms with Crippen LogP contribution in [0.25, 0.3) is 11.4 Å². The molecule has 3 aromatic rings. The van der Waals surface area contributed by atoms with Crippen LogP contribution in [0, 0.1) is 0 Å². The van der Waals surface area contributed by atoms with Crippen LogP contribution in [0.5, 0.6) is 0 Å². The fourth-order valence-corrected chi connectivity index (χ4v) is 7.00. The number of hydrogen-bond acceptors (Lipinski definition) is 9. The number of morpholine rings is 1. The maximum absolute atomic E-state index is 13.5. The second-order valence-electron chi connectivity index (χ2n) is 7.97. The van der Waals surface area contributed by atoms with Crippen LogP contribution in [0.4, 0.5) is 11.5 Å². The molecule has 0 spiro atoms. The summed E-state index contributed by atoms with van der Waals surface area (Å²) >= 11 is 1.14. The van der Waals surface area contributed by atoms with Crippen LogP contribution in [-0.2, 0) is 19.3 Å². The smallest absolute Gasteiger partial charge is 0.216 e. The highest BCUT2D eigenvalue weighted by Crippen LogP contribution is 2.55. The Morgan fingerprint density at radius 3 is 2.65 bits per heavy atom. The summed E-state index contributed by atoms with van der Waals surface area (Å²) in [6.45, 7) is 3.95. The fraction of sp³-hybridized carbons (Fsp3) is 0.381. The number of nitrogens with zero attached hydrogens (tertiary/aromatic N) is 4. The largest absolute Gasteiger partial charge is 0.399 e. The van der Waals surface area contributed by atoms with Crippen molar-refractivity contribution in [2.45, 2.75) is 34.9 Å². The van der Waals surface area contributed by atoms with E-state index in [1.165, 1.54) is 6.20 Å². The summed E-state index contributed by atoms with van der Waals surface area (Å²) in [6, 6.07) is 9.26. The zero-order valence-corrected chi connectivity index (χ0v) is 18.7. The number of nitrogens with two attached hydrogens (primary N) is 1. The molecule has 5 rings (SSSR count). The molecule has 1 saturated heterocycles. The highest BCUT2D eigenvalue weighted by atomic mass is 32.2. The number of hydrogen-bond donors (Lipinski definition) is 1. The average Bonchev–Trinajstić information content (AvgIpc) is 3.41. The van der Waals surface area contributed by atoms with Crippen LogP contribution < -0.4 is 10.6 Å². The minimum atomic E-state index is -3.65. The molecule has 1 atom stereocenters. The number of aromatic nitrogens is 3. The summed E-state index contributed by atoms with van der Waals surface area (Å²) in [7, 11) is -3.65. The molecule has 10 heteroatoms. The van der Waals surface area contributed by atoms with Gasteiger partial charge in [0.25, 0.3) is 0 Å². The molecule has 1 aliphatic carbocycles. The van der Waals surface area contributed by atoms with Gasteiger partial charge in [0.15, 0.2) is 5.82 Å². The Kier molecular flexibility index (Phi) is 4.95. The Labute approximate surface area is 185 Å². The van der Waals surface area contributed by atoms with Crippen LogP contribution in [-0.4, -0.2) is 49.2 Å². The Bertz CT molecular complexity index is 1190. The molecule has 0 bridgehead atoms. The van der Waals surface area contributed by atoms with Gasteiger partial charge in [0.05, 0.1) is 24.9 Å². The van der Waals surface area contributed by atoms with E-state index in [0.29, 0.717) is 55.6 Å². The second-order valence-corrected chi connectivity index (χ2v) is 11.3. The highest BCUT2D eigenvalue weighted by Gasteiger charge is 2.59. The van der Waals surface area contributed by atoms with Crippen molar-refractivity contribution in [3.8, 4) is 11.4 Å². The van der Waals surface area contributed by atoms with Crippen LogP contribution in [0.1, 0.15) is 25.5 Å². The van der Waals surface area contributed by atoms with Crippen molar-refractivity contribution in [2.24, 2.45) is 0 Å². The van der Waals surface area contributed by atoms with Gasteiger partial charge in [0.1, 0.15) is 10.6 Å². The first kappa shape index (κ1) is 20.3. The number of ether oxygens (including phenoxy) is 1. The van der Waals surface area contributed by atoms with Gasteiger partial charge in [-0.15, -0.1) is 11.3 Å². The summed E-state index contributed by atoms with van der Waals surface area (Å²) in [5, 5.41) is 1.68. The summed E-state index contributed by atoms with van der Waals surface area (Å²) in [4.78, 5) is 15.8. The van der Waals surface area contributed by atoms with Gasteiger partial charge < -0.3 is 15.4 Å². The molecule has 31 heavy (non-hydrogen) atoms. The minimum absolute atomic E-state index is 0.126. The molecule has 0 radical (unpaired) electrons. The van der Waals surface area contributed by atoms with Gasteiger partial charge in [0.2, 0.25) is 14.2 Å². The van der Waals surface area contributed by atoms with Crippen molar-refractivity contribution in [3.05, 3.63) is 47.6 Å². The Morgan fingerprint density at radius 1 is 1.23 bits per heavy atom. The van der Waals surface area contributed by atoms with Crippen molar-refractivity contribution >= 4 is 32.7 Å². The quantitative estimate of drug-likeness (QED) is 0.582. The molecule has 2 N–H and O–H groups in total. The lowest BCUT2D eigenvalue weighted by atomic mass is 10.1. The van der Waals surface area contributed by atoms with Crippen molar-refractivity contribution in [1.29, 1.82) is 0 Å². The predicted molar refractivity (Wildman–Crippen MR) is 120 cm³/mol. The molecule has 2 aliphatic rings. The maximum atomic E-state index is 13.5. The third-order valence-electron chi connectivity index (χ3n) is 5.87. The average molecular weight is 458 g/mol. The first-order valence-corrected chi connectivity index (χ1v) is 12.5. The number of nitrogen functional groups attached to an aromatic ring is 1. The molecule has 8 nitrogen and oxygen atoms in total. The summed E-state index contributed by atoms with van der Waals surface area (Å²) in [5.41, 5.74) is 7.81. The van der Waals surface area contributed by atoms with Crippen LogP contribution >= 0.6 is 11.3 Å². The van der Waals surface area contributed by atoms with Gasteiger partial charge in [-0.2, -0.15) is 0 Å². The molecule has 162 valence electrons. The van der Waals surface area contributed by atoms with Gasteiger partial charge in [-0.1, -0.05) is 0 Å². The first-order chi connectivity index (χ1) is 14.9. The van der Waals surface area contributed by atoms with Crippen LogP contribution in [0.2, 0.25) is 0 Å². The molecular weight excluding hydrogens is 434 g/mol. The van der Waals surface area contributed by atoms with E-state index in [9.17, 15) is 8.42 Å². The van der Waals surface area contributed by atoms with Gasteiger partial charge >= 0.3 is 0 Å². The topological polar surface area (TPSA) is 111 Å². The number of thiazole rings is 1. The molecule has 0 unspecified atom stereocenters. The van der Waals surface area contributed by atoms with E-state index in [4.69, 9.17) is 20.4 Å². The molecular formula is C21H23N5O3S2. The lowest BCUT2D eigenvalue weighted by molar-refractivity contribution is 0.0985. The maximum Gasteiger partial charge on any atom is 0.216 e. The number of rotatable bonds is 5. The standard InChI is InChI=1S/C21H23N5O3S2/c1-14-13-29-10-9-26(14)18-12-17(24-19(25-18)15-2-4-16(22)5-3-15)21(6-7-21)31(27,28)20-23-8-11-30-20/h2-5,8,11-12,14H,6-7,9-10,13,22H2,1H3/t14-/m0/s1. The molecule has 0 amide bonds. The minimum Gasteiger partial charge on any atom is -0.399 e. The lowest BCUT2D eigenvalue weighted by Crippen LogP contribution is -2.44. The lowest BCUT2D eigenvalue weighted by Gasteiger charge is -2.34. The molecule has 1 aromatic carbocycles. The van der Waals surface area contributed by atoms with Crippen molar-refractivity contribution in [2.75, 3.05) is 30.4 Å². The summed E-state index contributed by atoms with van der Waals surface area (Å²) in [5.74, 6) is 1.21. The number of sulfone groups is 1. The van der Waals surface area contributed by atoms with Crippen LogP contribution in [0.3, 0.4) is 0 Å². The molecule has 1 saturated carbocycles. The predicted octanol–water partition coefficient (Wildman–Crippen LogP) is 2.87. The third kappa shape index (κ3) is 3.48. The zero-order valence-electron chi connectivity index (χ0n) is 17.1. The monoisotopic (exact) mass is 457 g/mol. The number of anilines is 2. The Hall–Kier alpha value is -2.56. The summed E-state index contributed by atoms with van der Waals surface area (Å²) in [6.07, 6.45) is 2.56. The van der Waals surface area contributed by atoms with Crippen molar-refractivity contribution < 1.29 is 13.2 Å². The van der Waals surface area contributed by atoms with Gasteiger partial charge in [0, 0.05) is 35.4 Å². The van der Waals surface area contributed by atoms with E-state index in [1.807, 2.05) is 18.2 Å². The molecule has 3 heterocycles. The molecule has 2 fully saturated rings. The zero-order chi connectivity index (χ0) is 21.6. The van der Waals surface area contributed by atoms with Gasteiger partial charge in [-0.25, -0.2) is 23.4 Å². The molecule has 1 aliphatic heterocycles. The summed E-state index contributed by atoms with van der Waals surface area (Å²) < 4.78 is 31.6. The number of benzene rings is 1. The fourth-order valence-electron chi connectivity index (χ4n) is 3.93.